The lowest BCUT2D eigenvalue weighted by atomic mass is 10.1. The van der Waals surface area contributed by atoms with Crippen LogP contribution in [0.15, 0.2) is 101 Å². The van der Waals surface area contributed by atoms with E-state index in [1.54, 1.807) is 73.8 Å². The fraction of sp³-hybridized carbons (Fsp3) is 0.118. The zero-order valence-corrected chi connectivity index (χ0v) is 22.9. The first kappa shape index (κ1) is 27.3. The van der Waals surface area contributed by atoms with E-state index in [0.29, 0.717) is 57.5 Å². The molecule has 1 heterocycles. The third-order valence-corrected chi connectivity index (χ3v) is 6.40. The van der Waals surface area contributed by atoms with E-state index < -0.39 is 5.97 Å². The minimum absolute atomic E-state index is 0.216. The van der Waals surface area contributed by atoms with Crippen LogP contribution in [0.4, 0.5) is 0 Å². The number of furan rings is 1. The Kier molecular flexibility index (Phi) is 8.15. The van der Waals surface area contributed by atoms with E-state index in [4.69, 9.17) is 23.4 Å². The molecule has 0 spiro atoms. The summed E-state index contributed by atoms with van der Waals surface area (Å²) in [6.45, 7) is 2.39. The van der Waals surface area contributed by atoms with Crippen molar-refractivity contribution in [3.05, 3.63) is 114 Å². The van der Waals surface area contributed by atoms with Crippen LogP contribution in [0.3, 0.4) is 0 Å². The summed E-state index contributed by atoms with van der Waals surface area (Å²) in [4.78, 5) is 26.3. The van der Waals surface area contributed by atoms with E-state index >= 15 is 0 Å². The maximum absolute atomic E-state index is 13.5. The highest BCUT2D eigenvalue weighted by molar-refractivity contribution is 6.10. The number of fused-ring (bicyclic) bond motifs is 1. The summed E-state index contributed by atoms with van der Waals surface area (Å²) in [6.07, 6.45) is 3.15. The van der Waals surface area contributed by atoms with Crippen molar-refractivity contribution in [2.75, 3.05) is 20.8 Å². The molecule has 0 radical (unpaired) electrons. The van der Waals surface area contributed by atoms with E-state index in [9.17, 15) is 9.59 Å². The molecule has 0 aliphatic heterocycles. The molecule has 4 aromatic carbocycles. The second kappa shape index (κ2) is 12.3. The molecule has 41 heavy (non-hydrogen) atoms. The zero-order valence-electron chi connectivity index (χ0n) is 22.9. The lowest BCUT2D eigenvalue weighted by Gasteiger charge is -2.08. The lowest BCUT2D eigenvalue weighted by molar-refractivity contribution is 0.0736. The second-order valence-corrected chi connectivity index (χ2v) is 8.99. The molecule has 1 aromatic heterocycles. The Labute approximate surface area is 237 Å². The van der Waals surface area contributed by atoms with Crippen LogP contribution in [0.5, 0.6) is 23.0 Å². The molecule has 7 heteroatoms. The van der Waals surface area contributed by atoms with Crippen molar-refractivity contribution in [2.45, 2.75) is 6.92 Å². The van der Waals surface area contributed by atoms with Crippen LogP contribution in [-0.4, -0.2) is 32.6 Å². The standard InChI is InChI=1S/C34H28O7/c1-4-39-26-16-19-30-28(20-26)32(33(41-30)23-8-6-5-7-9-23)34(36)40-24-13-10-22(11-14-24)12-18-29(35)27-17-15-25(37-2)21-31(27)38-3/h5-21H,4H2,1-3H3/b18-12+. The Hall–Kier alpha value is -5.30. The Morgan fingerprint density at radius 1 is 0.805 bits per heavy atom. The highest BCUT2D eigenvalue weighted by Crippen LogP contribution is 2.36. The molecular weight excluding hydrogens is 520 g/mol. The van der Waals surface area contributed by atoms with Gasteiger partial charge in [0.2, 0.25) is 0 Å². The van der Waals surface area contributed by atoms with Gasteiger partial charge in [0.25, 0.3) is 0 Å². The summed E-state index contributed by atoms with van der Waals surface area (Å²) < 4.78 is 28.0. The van der Waals surface area contributed by atoms with Gasteiger partial charge in [-0.1, -0.05) is 48.5 Å². The maximum atomic E-state index is 13.5. The van der Waals surface area contributed by atoms with Crippen LogP contribution < -0.4 is 18.9 Å². The third kappa shape index (κ3) is 5.99. The number of ether oxygens (including phenoxy) is 4. The van der Waals surface area contributed by atoms with Crippen molar-refractivity contribution >= 4 is 28.8 Å². The summed E-state index contributed by atoms with van der Waals surface area (Å²) in [7, 11) is 3.05. The van der Waals surface area contributed by atoms with Gasteiger partial charge in [0.1, 0.15) is 39.9 Å². The van der Waals surface area contributed by atoms with Gasteiger partial charge in [-0.05, 0) is 61.0 Å². The van der Waals surface area contributed by atoms with Crippen LogP contribution in [0.25, 0.3) is 28.4 Å². The van der Waals surface area contributed by atoms with Crippen LogP contribution in [0.2, 0.25) is 0 Å². The minimum Gasteiger partial charge on any atom is -0.497 e. The highest BCUT2D eigenvalue weighted by atomic mass is 16.5. The fourth-order valence-corrected chi connectivity index (χ4v) is 4.40. The number of benzene rings is 4. The first-order valence-corrected chi connectivity index (χ1v) is 13.0. The SMILES string of the molecule is CCOc1ccc2oc(-c3ccccc3)c(C(=O)Oc3ccc(/C=C/C(=O)c4ccc(OC)cc4OC)cc3)c2c1. The predicted molar refractivity (Wildman–Crippen MR) is 157 cm³/mol. The van der Waals surface area contributed by atoms with Gasteiger partial charge in [0, 0.05) is 17.0 Å². The van der Waals surface area contributed by atoms with Crippen LogP contribution >= 0.6 is 0 Å². The number of ketones is 1. The maximum Gasteiger partial charge on any atom is 0.348 e. The number of methoxy groups -OCH3 is 2. The molecule has 0 fully saturated rings. The predicted octanol–water partition coefficient (Wildman–Crippen LogP) is 7.63. The number of hydrogen-bond acceptors (Lipinski definition) is 7. The smallest absolute Gasteiger partial charge is 0.348 e. The molecule has 0 saturated carbocycles. The molecule has 0 unspecified atom stereocenters. The summed E-state index contributed by atoms with van der Waals surface area (Å²) in [5.41, 5.74) is 2.80. The fourth-order valence-electron chi connectivity index (χ4n) is 4.40. The average molecular weight is 549 g/mol. The normalized spacial score (nSPS) is 11.0. The van der Waals surface area contributed by atoms with Crippen molar-refractivity contribution in [3.8, 4) is 34.3 Å². The molecular formula is C34H28O7. The molecule has 0 bridgehead atoms. The molecule has 206 valence electrons. The van der Waals surface area contributed by atoms with E-state index in [1.807, 2.05) is 37.3 Å². The van der Waals surface area contributed by atoms with Crippen molar-refractivity contribution in [1.29, 1.82) is 0 Å². The monoisotopic (exact) mass is 548 g/mol. The number of carbonyl (C=O) groups excluding carboxylic acids is 2. The zero-order chi connectivity index (χ0) is 28.8. The first-order chi connectivity index (χ1) is 20.0. The largest absolute Gasteiger partial charge is 0.497 e. The summed E-state index contributed by atoms with van der Waals surface area (Å²) in [5.74, 6) is 1.66. The van der Waals surface area contributed by atoms with Crippen molar-refractivity contribution in [1.82, 2.24) is 0 Å². The summed E-state index contributed by atoms with van der Waals surface area (Å²) >= 11 is 0. The molecule has 5 aromatic rings. The van der Waals surface area contributed by atoms with Gasteiger partial charge < -0.3 is 23.4 Å². The van der Waals surface area contributed by atoms with Gasteiger partial charge in [-0.25, -0.2) is 4.79 Å². The third-order valence-electron chi connectivity index (χ3n) is 6.40. The van der Waals surface area contributed by atoms with E-state index in [0.717, 1.165) is 11.1 Å². The molecule has 5 rings (SSSR count). The average Bonchev–Trinajstić information content (AvgIpc) is 3.40. The number of allylic oxidation sites excluding steroid dienone is 1. The summed E-state index contributed by atoms with van der Waals surface area (Å²) in [6, 6.07) is 26.7. The van der Waals surface area contributed by atoms with Gasteiger partial charge in [-0.2, -0.15) is 0 Å². The number of carbonyl (C=O) groups is 2. The van der Waals surface area contributed by atoms with E-state index in [2.05, 4.69) is 0 Å². The molecule has 0 saturated heterocycles. The Balaban J connectivity index is 1.37. The topological polar surface area (TPSA) is 84.2 Å². The van der Waals surface area contributed by atoms with Crippen LogP contribution in [-0.2, 0) is 0 Å². The number of hydrogen-bond donors (Lipinski definition) is 0. The molecule has 0 atom stereocenters. The van der Waals surface area contributed by atoms with Crippen molar-refractivity contribution < 1.29 is 33.0 Å². The first-order valence-electron chi connectivity index (χ1n) is 13.0. The Morgan fingerprint density at radius 3 is 2.24 bits per heavy atom. The molecule has 0 aliphatic rings. The molecule has 0 aliphatic carbocycles. The van der Waals surface area contributed by atoms with E-state index in [-0.39, 0.29) is 5.78 Å². The lowest BCUT2D eigenvalue weighted by Crippen LogP contribution is -2.09. The molecule has 7 nitrogen and oxygen atoms in total. The van der Waals surface area contributed by atoms with Gasteiger partial charge in [-0.3, -0.25) is 4.79 Å². The molecule has 0 N–H and O–H groups in total. The van der Waals surface area contributed by atoms with Crippen molar-refractivity contribution in [3.63, 3.8) is 0 Å². The van der Waals surface area contributed by atoms with Gasteiger partial charge in [-0.15, -0.1) is 0 Å². The van der Waals surface area contributed by atoms with Gasteiger partial charge in [0.05, 0.1) is 26.4 Å². The summed E-state index contributed by atoms with van der Waals surface area (Å²) in [5, 5.41) is 0.604. The van der Waals surface area contributed by atoms with E-state index in [1.165, 1.54) is 13.2 Å². The quantitative estimate of drug-likeness (QED) is 0.0768. The molecule has 0 amide bonds. The van der Waals surface area contributed by atoms with Crippen LogP contribution in [0, 0.1) is 0 Å². The van der Waals surface area contributed by atoms with Crippen molar-refractivity contribution in [2.24, 2.45) is 0 Å². The van der Waals surface area contributed by atoms with Gasteiger partial charge >= 0.3 is 5.97 Å². The van der Waals surface area contributed by atoms with Gasteiger partial charge in [0.15, 0.2) is 5.78 Å². The Morgan fingerprint density at radius 2 is 1.54 bits per heavy atom. The second-order valence-electron chi connectivity index (χ2n) is 8.99. The number of rotatable bonds is 10. The number of esters is 1. The van der Waals surface area contributed by atoms with Crippen LogP contribution in [0.1, 0.15) is 33.2 Å². The highest BCUT2D eigenvalue weighted by Gasteiger charge is 2.24. The minimum atomic E-state index is -0.554. The Bertz CT molecular complexity index is 1710.